The van der Waals surface area contributed by atoms with Gasteiger partial charge >= 0.3 is 12.0 Å². The van der Waals surface area contributed by atoms with E-state index in [0.717, 1.165) is 6.20 Å². The van der Waals surface area contributed by atoms with Crippen LogP contribution < -0.4 is 10.1 Å². The Morgan fingerprint density at radius 3 is 2.68 bits per heavy atom. The lowest BCUT2D eigenvalue weighted by atomic mass is 9.89. The second-order valence-electron chi connectivity index (χ2n) is 5.37. The Hall–Kier alpha value is -2.51. The maximum atomic E-state index is 12.2. The van der Waals surface area contributed by atoms with E-state index in [-0.39, 0.29) is 34.9 Å². The van der Waals surface area contributed by atoms with Crippen molar-refractivity contribution in [1.29, 1.82) is 0 Å². The monoisotopic (exact) mass is 306 g/mol. The van der Waals surface area contributed by atoms with Gasteiger partial charge in [0.05, 0.1) is 6.61 Å². The summed E-state index contributed by atoms with van der Waals surface area (Å²) in [6.45, 7) is 7.55. The summed E-state index contributed by atoms with van der Waals surface area (Å²) in [5.41, 5.74) is -1.05. The molecule has 0 bridgehead atoms. The van der Waals surface area contributed by atoms with Crippen LogP contribution in [0.5, 0.6) is 6.01 Å². The van der Waals surface area contributed by atoms with Gasteiger partial charge in [-0.05, 0) is 19.8 Å². The molecule has 0 fully saturated rings. The van der Waals surface area contributed by atoms with Gasteiger partial charge in [-0.2, -0.15) is 4.98 Å². The van der Waals surface area contributed by atoms with Gasteiger partial charge in [-0.25, -0.2) is 14.8 Å². The molecular formula is C14H18N4O4. The molecule has 2 N–H and O–H groups in total. The zero-order chi connectivity index (χ0) is 16.5. The smallest absolute Gasteiger partial charge is 0.339 e. The molecular weight excluding hydrogens is 288 g/mol. The second kappa shape index (κ2) is 5.70. The first kappa shape index (κ1) is 15.9. The molecule has 0 aromatic carbocycles. The van der Waals surface area contributed by atoms with Gasteiger partial charge < -0.3 is 15.2 Å². The highest BCUT2D eigenvalue weighted by molar-refractivity contribution is 6.17. The number of aromatic carboxylic acids is 1. The molecule has 0 aliphatic carbocycles. The number of rotatable bonds is 5. The number of carboxylic acid groups (broad SMARTS) is 1. The van der Waals surface area contributed by atoms with Crippen LogP contribution >= 0.6 is 0 Å². The molecule has 2 heterocycles. The topological polar surface area (TPSA) is 114 Å². The van der Waals surface area contributed by atoms with Crippen molar-refractivity contribution < 1.29 is 19.4 Å². The van der Waals surface area contributed by atoms with E-state index in [1.807, 2.05) is 13.8 Å². The van der Waals surface area contributed by atoms with Crippen LogP contribution in [0.1, 0.15) is 43.7 Å². The first-order valence-corrected chi connectivity index (χ1v) is 6.94. The molecule has 1 unspecified atom stereocenters. The first-order chi connectivity index (χ1) is 10.3. The van der Waals surface area contributed by atoms with Crippen molar-refractivity contribution in [2.75, 3.05) is 6.61 Å². The number of carbonyl (C=O) groups excluding carboxylic acids is 1. The summed E-state index contributed by atoms with van der Waals surface area (Å²) in [6, 6.07) is 0.0394. The van der Waals surface area contributed by atoms with E-state index < -0.39 is 11.5 Å². The number of carboxylic acids is 1. The predicted octanol–water partition coefficient (Wildman–Crippen LogP) is 0.865. The molecule has 1 amide bonds. The number of aliphatic imine (C=N–C) groups is 1. The number of carbonyl (C=O) groups is 2. The van der Waals surface area contributed by atoms with Gasteiger partial charge in [0, 0.05) is 6.20 Å². The zero-order valence-electron chi connectivity index (χ0n) is 12.9. The minimum absolute atomic E-state index is 0.0394. The molecule has 1 aliphatic heterocycles. The summed E-state index contributed by atoms with van der Waals surface area (Å²) in [7, 11) is 0. The van der Waals surface area contributed by atoms with E-state index in [1.165, 1.54) is 0 Å². The fourth-order valence-corrected chi connectivity index (χ4v) is 1.95. The highest BCUT2D eigenvalue weighted by Gasteiger charge is 2.43. The van der Waals surface area contributed by atoms with Gasteiger partial charge in [0.15, 0.2) is 5.84 Å². The van der Waals surface area contributed by atoms with Crippen LogP contribution in [0.4, 0.5) is 0 Å². The minimum Gasteiger partial charge on any atom is -0.478 e. The lowest BCUT2D eigenvalue weighted by Gasteiger charge is -2.21. The molecule has 0 spiro atoms. The fraction of sp³-hybridized carbons (Fsp3) is 0.500. The Morgan fingerprint density at radius 2 is 2.18 bits per heavy atom. The third-order valence-corrected chi connectivity index (χ3v) is 3.65. The maximum Gasteiger partial charge on any atom is 0.339 e. The van der Waals surface area contributed by atoms with Crippen LogP contribution in [0, 0.1) is 5.92 Å². The Bertz CT molecular complexity index is 656. The van der Waals surface area contributed by atoms with Crippen LogP contribution in [-0.4, -0.2) is 44.9 Å². The van der Waals surface area contributed by atoms with E-state index in [4.69, 9.17) is 4.74 Å². The van der Waals surface area contributed by atoms with Gasteiger partial charge in [0.1, 0.15) is 16.8 Å². The number of amides is 1. The van der Waals surface area contributed by atoms with Crippen molar-refractivity contribution in [3.8, 4) is 6.01 Å². The number of aromatic nitrogens is 2. The number of hydrogen-bond donors (Lipinski definition) is 2. The average molecular weight is 306 g/mol. The van der Waals surface area contributed by atoms with E-state index >= 15 is 0 Å². The van der Waals surface area contributed by atoms with Gasteiger partial charge in [0.25, 0.3) is 5.91 Å². The minimum atomic E-state index is -1.20. The lowest BCUT2D eigenvalue weighted by Crippen LogP contribution is -2.41. The van der Waals surface area contributed by atoms with Crippen molar-refractivity contribution >= 4 is 17.7 Å². The Labute approximate surface area is 127 Å². The molecule has 0 saturated carbocycles. The molecule has 1 aromatic heterocycles. The third kappa shape index (κ3) is 2.63. The van der Waals surface area contributed by atoms with Crippen molar-refractivity contribution in [3.05, 3.63) is 17.5 Å². The normalized spacial score (nSPS) is 20.8. The van der Waals surface area contributed by atoms with Crippen molar-refractivity contribution in [2.45, 2.75) is 33.2 Å². The number of hydrogen-bond acceptors (Lipinski definition) is 6. The Kier molecular flexibility index (Phi) is 4.11. The molecule has 8 heteroatoms. The Balaban J connectivity index is 2.54. The van der Waals surface area contributed by atoms with Crippen LogP contribution in [0.3, 0.4) is 0 Å². The lowest BCUT2D eigenvalue weighted by molar-refractivity contribution is -0.124. The molecule has 22 heavy (non-hydrogen) atoms. The molecule has 1 aromatic rings. The van der Waals surface area contributed by atoms with Gasteiger partial charge in [-0.3, -0.25) is 4.79 Å². The maximum absolute atomic E-state index is 12.2. The largest absolute Gasteiger partial charge is 0.478 e. The molecule has 0 radical (unpaired) electrons. The quantitative estimate of drug-likeness (QED) is 0.834. The van der Waals surface area contributed by atoms with Gasteiger partial charge in [-0.1, -0.05) is 13.8 Å². The van der Waals surface area contributed by atoms with Crippen LogP contribution in [0.25, 0.3) is 0 Å². The molecule has 2 rings (SSSR count). The molecule has 8 nitrogen and oxygen atoms in total. The number of nitrogens with one attached hydrogen (secondary N) is 1. The van der Waals surface area contributed by atoms with Crippen molar-refractivity contribution in [1.82, 2.24) is 15.3 Å². The average Bonchev–Trinajstić information content (AvgIpc) is 2.76. The van der Waals surface area contributed by atoms with Crippen molar-refractivity contribution in [3.63, 3.8) is 0 Å². The van der Waals surface area contributed by atoms with Crippen molar-refractivity contribution in [2.24, 2.45) is 10.9 Å². The summed E-state index contributed by atoms with van der Waals surface area (Å²) in [5, 5.41) is 11.9. The highest BCUT2D eigenvalue weighted by atomic mass is 16.5. The number of amidine groups is 1. The molecule has 0 saturated heterocycles. The number of ether oxygens (including phenoxy) is 1. The molecule has 118 valence electrons. The Morgan fingerprint density at radius 1 is 1.50 bits per heavy atom. The van der Waals surface area contributed by atoms with E-state index in [2.05, 4.69) is 20.3 Å². The third-order valence-electron chi connectivity index (χ3n) is 3.65. The predicted molar refractivity (Wildman–Crippen MR) is 78.1 cm³/mol. The fourth-order valence-electron chi connectivity index (χ4n) is 1.95. The highest BCUT2D eigenvalue weighted by Crippen LogP contribution is 2.27. The molecule has 1 aliphatic rings. The summed E-state index contributed by atoms with van der Waals surface area (Å²) in [5.74, 6) is -1.41. The standard InChI is InChI=1S/C14H18N4O4/c1-5-22-13-15-6-8(11(19)20)9(16-13)10-17-12(21)14(4,18-10)7(2)3/h6-7H,5H2,1-4H3,(H,19,20)(H,17,18,21). The second-order valence-corrected chi connectivity index (χ2v) is 5.37. The zero-order valence-corrected chi connectivity index (χ0v) is 12.9. The van der Waals surface area contributed by atoms with E-state index in [1.54, 1.807) is 13.8 Å². The van der Waals surface area contributed by atoms with E-state index in [0.29, 0.717) is 6.61 Å². The van der Waals surface area contributed by atoms with Gasteiger partial charge in [0.2, 0.25) is 0 Å². The van der Waals surface area contributed by atoms with Crippen LogP contribution in [-0.2, 0) is 4.79 Å². The summed E-state index contributed by atoms with van der Waals surface area (Å²) >= 11 is 0. The first-order valence-electron chi connectivity index (χ1n) is 6.94. The number of nitrogens with zero attached hydrogens (tertiary/aromatic N) is 3. The summed E-state index contributed by atoms with van der Waals surface area (Å²) in [4.78, 5) is 35.8. The summed E-state index contributed by atoms with van der Waals surface area (Å²) in [6.07, 6.45) is 1.15. The SMILES string of the molecule is CCOc1ncc(C(=O)O)c(C2=NC(C)(C(C)C)C(=O)N2)n1. The van der Waals surface area contributed by atoms with Gasteiger partial charge in [-0.15, -0.1) is 0 Å². The van der Waals surface area contributed by atoms with Crippen LogP contribution in [0.15, 0.2) is 11.2 Å². The molecule has 1 atom stereocenters. The van der Waals surface area contributed by atoms with E-state index in [9.17, 15) is 14.7 Å². The van der Waals surface area contributed by atoms with Crippen LogP contribution in [0.2, 0.25) is 0 Å². The summed E-state index contributed by atoms with van der Waals surface area (Å²) < 4.78 is 5.18.